The van der Waals surface area contributed by atoms with Gasteiger partial charge >= 0.3 is 0 Å². The van der Waals surface area contributed by atoms with Gasteiger partial charge in [-0.1, -0.05) is 0 Å². The molecule has 0 amide bonds. The van der Waals surface area contributed by atoms with Crippen LogP contribution in [-0.2, 0) is 15.8 Å². The van der Waals surface area contributed by atoms with Crippen LogP contribution in [0.2, 0.25) is 0 Å². The number of epoxide rings is 1. The Kier molecular flexibility index (Phi) is 2.14. The molecule has 0 radical (unpaired) electrons. The third-order valence-electron chi connectivity index (χ3n) is 4.70. The lowest BCUT2D eigenvalue weighted by molar-refractivity contribution is -0.216. The van der Waals surface area contributed by atoms with Crippen LogP contribution in [0.1, 0.15) is 50.7 Å². The van der Waals surface area contributed by atoms with Crippen molar-refractivity contribution in [3.63, 3.8) is 0 Å². The van der Waals surface area contributed by atoms with Crippen LogP contribution in [0.4, 0.5) is 0 Å². The van der Waals surface area contributed by atoms with Crippen LogP contribution in [-0.4, -0.2) is 16.9 Å². The van der Waals surface area contributed by atoms with Crippen LogP contribution < -0.4 is 0 Å². The number of nitrogens with zero attached hydrogens (tertiary/aromatic N) is 1. The Morgan fingerprint density at radius 1 is 1.10 bits per heavy atom. The largest absolute Gasteiger partial charge is 0.458 e. The second-order valence-electron chi connectivity index (χ2n) is 6.84. The molecule has 2 aliphatic heterocycles. The summed E-state index contributed by atoms with van der Waals surface area (Å²) in [5, 5.41) is 13.0. The van der Waals surface area contributed by atoms with E-state index in [0.29, 0.717) is 0 Å². The molecule has 1 aromatic heterocycles. The topological polar surface area (TPSA) is 49.1 Å². The Morgan fingerprint density at radius 2 is 1.70 bits per heavy atom. The van der Waals surface area contributed by atoms with E-state index in [1.54, 1.807) is 0 Å². The molecule has 0 spiro atoms. The third-order valence-corrected chi connectivity index (χ3v) is 4.70. The maximum atomic E-state index is 10.5. The van der Waals surface area contributed by atoms with E-state index in [1.807, 2.05) is 27.7 Å². The lowest BCUT2D eigenvalue weighted by atomic mass is 9.90. The highest BCUT2D eigenvalue weighted by Crippen LogP contribution is 2.49. The molecule has 3 heterocycles. The van der Waals surface area contributed by atoms with Gasteiger partial charge in [0.2, 0.25) is 0 Å². The van der Waals surface area contributed by atoms with Crippen molar-refractivity contribution in [3.8, 4) is 0 Å². The van der Waals surface area contributed by atoms with Gasteiger partial charge in [-0.25, -0.2) is 0 Å². The molecule has 20 heavy (non-hydrogen) atoms. The summed E-state index contributed by atoms with van der Waals surface area (Å²) in [6.45, 7) is 8.89. The van der Waals surface area contributed by atoms with E-state index < -0.39 is 11.1 Å². The molecule has 0 saturated carbocycles. The predicted molar refractivity (Wildman–Crippen MR) is 74.6 cm³/mol. The lowest BCUT2D eigenvalue weighted by Gasteiger charge is -2.34. The molecule has 1 N–H and O–H groups in total. The van der Waals surface area contributed by atoms with Crippen LogP contribution in [0.5, 0.6) is 0 Å². The average molecular weight is 273 g/mol. The Hall–Kier alpha value is -1.36. The number of hydroxylamine groups is 2. The molecule has 4 heteroatoms. The summed E-state index contributed by atoms with van der Waals surface area (Å²) in [6.07, 6.45) is 0.132. The molecular formula is C16H19NO3. The van der Waals surface area contributed by atoms with Gasteiger partial charge < -0.3 is 14.4 Å². The van der Waals surface area contributed by atoms with Crippen LogP contribution in [0, 0.1) is 0 Å². The Bertz CT molecular complexity index is 657. The smallest absolute Gasteiger partial charge is 0.139 e. The van der Waals surface area contributed by atoms with Gasteiger partial charge in [0.1, 0.15) is 17.4 Å². The summed E-state index contributed by atoms with van der Waals surface area (Å²) in [5.74, 6) is 0.903. The highest BCUT2D eigenvalue weighted by Gasteiger charge is 2.49. The summed E-state index contributed by atoms with van der Waals surface area (Å²) in [5.41, 5.74) is 2.32. The first-order valence-electron chi connectivity index (χ1n) is 7.01. The minimum atomic E-state index is -0.421. The van der Waals surface area contributed by atoms with E-state index in [9.17, 15) is 5.21 Å². The number of benzene rings is 1. The first kappa shape index (κ1) is 12.4. The third kappa shape index (κ3) is 1.41. The molecule has 1 fully saturated rings. The molecule has 4 nitrogen and oxygen atoms in total. The number of ether oxygens (including phenoxy) is 1. The van der Waals surface area contributed by atoms with Crippen LogP contribution in [0.25, 0.3) is 11.0 Å². The first-order valence-corrected chi connectivity index (χ1v) is 7.01. The van der Waals surface area contributed by atoms with Crippen molar-refractivity contribution >= 4 is 11.0 Å². The maximum absolute atomic E-state index is 10.5. The second kappa shape index (κ2) is 3.45. The van der Waals surface area contributed by atoms with Gasteiger partial charge in [0.25, 0.3) is 0 Å². The molecule has 0 aliphatic carbocycles. The second-order valence-corrected chi connectivity index (χ2v) is 6.84. The van der Waals surface area contributed by atoms with Gasteiger partial charge in [0, 0.05) is 5.39 Å². The number of fused-ring (bicyclic) bond motifs is 2. The molecule has 0 bridgehead atoms. The molecule has 106 valence electrons. The molecule has 2 aromatic rings. The molecule has 1 atom stereocenters. The van der Waals surface area contributed by atoms with Crippen molar-refractivity contribution in [2.75, 3.05) is 6.61 Å². The van der Waals surface area contributed by atoms with Crippen molar-refractivity contribution in [1.82, 2.24) is 5.06 Å². The number of hydrogen-bond acceptors (Lipinski definition) is 4. The van der Waals surface area contributed by atoms with Crippen molar-refractivity contribution in [2.24, 2.45) is 0 Å². The summed E-state index contributed by atoms with van der Waals surface area (Å²) in [7, 11) is 0. The lowest BCUT2D eigenvalue weighted by Crippen LogP contribution is -2.42. The van der Waals surface area contributed by atoms with Gasteiger partial charge in [-0.05, 0) is 57.0 Å². The highest BCUT2D eigenvalue weighted by molar-refractivity contribution is 5.81. The van der Waals surface area contributed by atoms with Gasteiger partial charge in [-0.2, -0.15) is 5.06 Å². The number of rotatable bonds is 1. The van der Waals surface area contributed by atoms with Crippen molar-refractivity contribution in [3.05, 3.63) is 35.1 Å². The van der Waals surface area contributed by atoms with Crippen LogP contribution in [0.15, 0.2) is 22.6 Å². The fraction of sp³-hybridized carbons (Fsp3) is 0.500. The van der Waals surface area contributed by atoms with Crippen LogP contribution >= 0.6 is 0 Å². The minimum absolute atomic E-state index is 0.132. The SMILES string of the molecule is CC1(C)c2cc3cc(C4CO4)oc3cc2C(C)(C)N1O. The molecule has 2 aliphatic rings. The van der Waals surface area contributed by atoms with E-state index in [0.717, 1.165) is 34.5 Å². The monoisotopic (exact) mass is 273 g/mol. The number of furan rings is 1. The zero-order valence-corrected chi connectivity index (χ0v) is 12.2. The average Bonchev–Trinajstić information content (AvgIpc) is 3.13. The molecule has 1 saturated heterocycles. The minimum Gasteiger partial charge on any atom is -0.458 e. The summed E-state index contributed by atoms with van der Waals surface area (Å²) >= 11 is 0. The quantitative estimate of drug-likeness (QED) is 0.805. The van der Waals surface area contributed by atoms with E-state index in [4.69, 9.17) is 9.15 Å². The van der Waals surface area contributed by atoms with E-state index >= 15 is 0 Å². The fourth-order valence-corrected chi connectivity index (χ4v) is 3.42. The first-order chi connectivity index (χ1) is 9.31. The Morgan fingerprint density at radius 3 is 2.30 bits per heavy atom. The standard InChI is InChI=1S/C16H19NO3/c1-15(2)10-5-9-6-13(14-8-19-14)20-12(9)7-11(10)16(3,4)17(15)18/h5-7,14,18H,8H2,1-4H3. The van der Waals surface area contributed by atoms with Crippen molar-refractivity contribution in [1.29, 1.82) is 0 Å². The van der Waals surface area contributed by atoms with Gasteiger partial charge in [-0.3, -0.25) is 0 Å². The van der Waals surface area contributed by atoms with Gasteiger partial charge in [-0.15, -0.1) is 0 Å². The fourth-order valence-electron chi connectivity index (χ4n) is 3.42. The molecule has 1 aromatic carbocycles. The molecular weight excluding hydrogens is 254 g/mol. The van der Waals surface area contributed by atoms with Gasteiger partial charge in [0.15, 0.2) is 0 Å². The van der Waals surface area contributed by atoms with E-state index in [1.165, 1.54) is 5.06 Å². The number of hydrogen-bond donors (Lipinski definition) is 1. The Balaban J connectivity index is 1.97. The summed E-state index contributed by atoms with van der Waals surface area (Å²) < 4.78 is 11.2. The predicted octanol–water partition coefficient (Wildman–Crippen LogP) is 3.68. The molecule has 4 rings (SSSR count). The maximum Gasteiger partial charge on any atom is 0.139 e. The summed E-state index contributed by atoms with van der Waals surface area (Å²) in [6, 6.07) is 6.25. The van der Waals surface area contributed by atoms with Crippen molar-refractivity contribution < 1.29 is 14.4 Å². The summed E-state index contributed by atoms with van der Waals surface area (Å²) in [4.78, 5) is 0. The van der Waals surface area contributed by atoms with E-state index in [2.05, 4.69) is 18.2 Å². The zero-order valence-electron chi connectivity index (χ0n) is 12.2. The van der Waals surface area contributed by atoms with E-state index in [-0.39, 0.29) is 6.10 Å². The van der Waals surface area contributed by atoms with Gasteiger partial charge in [0.05, 0.1) is 17.7 Å². The highest BCUT2D eigenvalue weighted by atomic mass is 16.6. The van der Waals surface area contributed by atoms with Crippen molar-refractivity contribution in [2.45, 2.75) is 44.9 Å². The normalized spacial score (nSPS) is 26.9. The van der Waals surface area contributed by atoms with Crippen LogP contribution in [0.3, 0.4) is 0 Å². The Labute approximate surface area is 117 Å². The zero-order chi connectivity index (χ0) is 14.3. The molecule has 1 unspecified atom stereocenters.